The molecule has 3 rings (SSSR count). The maximum Gasteiger partial charge on any atom is 0.251 e. The van der Waals surface area contributed by atoms with Crippen molar-refractivity contribution in [3.8, 4) is 5.75 Å². The molecule has 0 saturated heterocycles. The van der Waals surface area contributed by atoms with E-state index in [4.69, 9.17) is 10.5 Å². The first-order valence-electron chi connectivity index (χ1n) is 11.4. The number of hydrogen-bond acceptors (Lipinski definition) is 6. The number of hydrogen-bond donors (Lipinski definition) is 4. The number of nitrogens with two attached hydrogens (primary N) is 1. The fourth-order valence-corrected chi connectivity index (χ4v) is 3.76. The summed E-state index contributed by atoms with van der Waals surface area (Å²) in [4.78, 5) is 24.9. The van der Waals surface area contributed by atoms with E-state index < -0.39 is 29.7 Å². The van der Waals surface area contributed by atoms with Gasteiger partial charge >= 0.3 is 0 Å². The number of nitrogens with one attached hydrogen (secondary N) is 2. The number of ether oxygens (including phenoxy) is 1. The summed E-state index contributed by atoms with van der Waals surface area (Å²) in [5, 5.41) is 16.8. The number of carbonyl (C=O) groups excluding carboxylic acids is 2. The summed E-state index contributed by atoms with van der Waals surface area (Å²) < 4.78 is 32.7. The van der Waals surface area contributed by atoms with Crippen LogP contribution in [0.15, 0.2) is 66.7 Å². The van der Waals surface area contributed by atoms with E-state index in [1.807, 2.05) is 24.3 Å². The summed E-state index contributed by atoms with van der Waals surface area (Å²) in [6, 6.07) is 15.6. The lowest BCUT2D eigenvalue weighted by Gasteiger charge is -2.25. The second kappa shape index (κ2) is 12.9. The number of amides is 1. The number of halogens is 2. The first-order chi connectivity index (χ1) is 17.3. The molecule has 9 heteroatoms. The molecule has 0 spiro atoms. The molecule has 0 aliphatic rings. The lowest BCUT2D eigenvalue weighted by atomic mass is 9.99. The molecule has 2 unspecified atom stereocenters. The van der Waals surface area contributed by atoms with Gasteiger partial charge in [0.1, 0.15) is 17.4 Å². The number of Topliss-reactive ketones (excluding diaryl/α,β-unsaturated/α-hetero) is 1. The summed E-state index contributed by atoms with van der Waals surface area (Å²) in [7, 11) is 1.57. The molecule has 7 nitrogen and oxygen atoms in total. The molecule has 3 aromatic carbocycles. The molecular weight excluding hydrogens is 468 g/mol. The van der Waals surface area contributed by atoms with Crippen molar-refractivity contribution >= 4 is 11.7 Å². The van der Waals surface area contributed by atoms with E-state index >= 15 is 0 Å². The van der Waals surface area contributed by atoms with Crippen LogP contribution < -0.4 is 21.1 Å². The van der Waals surface area contributed by atoms with Gasteiger partial charge in [-0.3, -0.25) is 9.59 Å². The van der Waals surface area contributed by atoms with Crippen molar-refractivity contribution in [1.82, 2.24) is 10.6 Å². The number of benzene rings is 3. The molecule has 3 aromatic rings. The largest absolute Gasteiger partial charge is 0.497 e. The fraction of sp³-hybridized carbons (Fsp3) is 0.259. The Hall–Kier alpha value is -3.66. The topological polar surface area (TPSA) is 114 Å². The van der Waals surface area contributed by atoms with Crippen LogP contribution in [-0.2, 0) is 13.0 Å². The molecule has 0 radical (unpaired) electrons. The van der Waals surface area contributed by atoms with E-state index in [2.05, 4.69) is 10.6 Å². The van der Waals surface area contributed by atoms with Gasteiger partial charge in [0.2, 0.25) is 0 Å². The van der Waals surface area contributed by atoms with Crippen LogP contribution in [0.3, 0.4) is 0 Å². The number of ketones is 1. The summed E-state index contributed by atoms with van der Waals surface area (Å²) in [6.45, 7) is 0.314. The molecule has 0 bridgehead atoms. The zero-order valence-electron chi connectivity index (χ0n) is 19.8. The van der Waals surface area contributed by atoms with Crippen LogP contribution in [-0.4, -0.2) is 49.1 Å². The van der Waals surface area contributed by atoms with Crippen LogP contribution in [0.25, 0.3) is 0 Å². The van der Waals surface area contributed by atoms with Crippen molar-refractivity contribution in [3.63, 3.8) is 0 Å². The van der Waals surface area contributed by atoms with Gasteiger partial charge in [-0.05, 0) is 53.9 Å². The van der Waals surface area contributed by atoms with E-state index in [0.717, 1.165) is 23.8 Å². The maximum absolute atomic E-state index is 13.8. The van der Waals surface area contributed by atoms with Gasteiger partial charge in [-0.1, -0.05) is 24.3 Å². The van der Waals surface area contributed by atoms with Gasteiger partial charge in [-0.2, -0.15) is 0 Å². The second-order valence-corrected chi connectivity index (χ2v) is 8.32. The van der Waals surface area contributed by atoms with Gasteiger partial charge in [-0.15, -0.1) is 0 Å². The second-order valence-electron chi connectivity index (χ2n) is 8.32. The van der Waals surface area contributed by atoms with Crippen LogP contribution >= 0.6 is 0 Å². The average Bonchev–Trinajstić information content (AvgIpc) is 2.87. The molecule has 2 atom stereocenters. The summed E-state index contributed by atoms with van der Waals surface area (Å²) >= 11 is 0. The van der Waals surface area contributed by atoms with Gasteiger partial charge in [0.05, 0.1) is 25.8 Å². The molecule has 0 heterocycles. The highest BCUT2D eigenvalue weighted by Crippen LogP contribution is 2.15. The molecule has 36 heavy (non-hydrogen) atoms. The van der Waals surface area contributed by atoms with E-state index in [0.29, 0.717) is 12.3 Å². The van der Waals surface area contributed by atoms with Crippen molar-refractivity contribution in [2.24, 2.45) is 5.73 Å². The number of methoxy groups -OCH3 is 1. The Balaban J connectivity index is 1.74. The van der Waals surface area contributed by atoms with E-state index in [-0.39, 0.29) is 42.0 Å². The van der Waals surface area contributed by atoms with Crippen molar-refractivity contribution in [2.45, 2.75) is 25.1 Å². The zero-order valence-corrected chi connectivity index (χ0v) is 19.8. The highest BCUT2D eigenvalue weighted by Gasteiger charge is 2.23. The SMILES string of the molecule is COc1cccc(CNCC(O)C(Cc2cc(F)cc(F)c2)NC(=O)c2cccc(C(=O)CN)c2)c1. The van der Waals surface area contributed by atoms with E-state index in [9.17, 15) is 23.5 Å². The molecular formula is C27H29F2N3O4. The Morgan fingerprint density at radius 1 is 0.972 bits per heavy atom. The van der Waals surface area contributed by atoms with Crippen LogP contribution in [0.1, 0.15) is 31.8 Å². The van der Waals surface area contributed by atoms with Gasteiger partial charge in [0.25, 0.3) is 5.91 Å². The van der Waals surface area contributed by atoms with E-state index in [1.54, 1.807) is 19.2 Å². The quantitative estimate of drug-likeness (QED) is 0.286. The van der Waals surface area contributed by atoms with Gasteiger partial charge < -0.3 is 26.2 Å². The molecule has 0 aromatic heterocycles. The van der Waals surface area contributed by atoms with Gasteiger partial charge in [0, 0.05) is 30.3 Å². The van der Waals surface area contributed by atoms with Crippen LogP contribution in [0.5, 0.6) is 5.75 Å². The third-order valence-electron chi connectivity index (χ3n) is 5.61. The zero-order chi connectivity index (χ0) is 26.1. The van der Waals surface area contributed by atoms with Crippen molar-refractivity contribution in [1.29, 1.82) is 0 Å². The first-order valence-corrected chi connectivity index (χ1v) is 11.4. The van der Waals surface area contributed by atoms with Crippen molar-refractivity contribution in [2.75, 3.05) is 20.2 Å². The molecule has 1 amide bonds. The monoisotopic (exact) mass is 497 g/mol. The molecule has 0 aliphatic heterocycles. The lowest BCUT2D eigenvalue weighted by molar-refractivity contribution is 0.0830. The highest BCUT2D eigenvalue weighted by molar-refractivity contribution is 6.01. The third-order valence-corrected chi connectivity index (χ3v) is 5.61. The summed E-state index contributed by atoms with van der Waals surface area (Å²) in [5.74, 6) is -1.68. The van der Waals surface area contributed by atoms with Crippen molar-refractivity contribution in [3.05, 3.63) is 101 Å². The Bertz CT molecular complexity index is 1180. The molecule has 0 fully saturated rings. The summed E-state index contributed by atoms with van der Waals surface area (Å²) in [5.41, 5.74) is 7.09. The highest BCUT2D eigenvalue weighted by atomic mass is 19.1. The predicted molar refractivity (Wildman–Crippen MR) is 132 cm³/mol. The predicted octanol–water partition coefficient (Wildman–Crippen LogP) is 2.61. The smallest absolute Gasteiger partial charge is 0.251 e. The number of rotatable bonds is 12. The van der Waals surface area contributed by atoms with Crippen LogP contribution in [0, 0.1) is 11.6 Å². The number of carbonyl (C=O) groups is 2. The standard InChI is InChI=1S/C27H29F2N3O4/c1-36-23-7-2-4-17(10-23)15-31-16-26(34)24(11-18-8-21(28)13-22(29)9-18)32-27(35)20-6-3-5-19(12-20)25(33)14-30/h2-10,12-13,24,26,31,34H,11,14-16,30H2,1H3,(H,32,35). The third kappa shape index (κ3) is 7.67. The molecule has 0 aliphatic carbocycles. The Kier molecular flexibility index (Phi) is 9.63. The van der Waals surface area contributed by atoms with E-state index in [1.165, 1.54) is 12.1 Å². The Labute approximate surface area is 208 Å². The van der Waals surface area contributed by atoms with Gasteiger partial charge in [-0.25, -0.2) is 8.78 Å². The normalized spacial score (nSPS) is 12.6. The number of aliphatic hydroxyl groups excluding tert-OH is 1. The average molecular weight is 498 g/mol. The Morgan fingerprint density at radius 2 is 1.67 bits per heavy atom. The minimum atomic E-state index is -1.10. The van der Waals surface area contributed by atoms with Crippen LogP contribution in [0.4, 0.5) is 8.78 Å². The molecule has 0 saturated carbocycles. The lowest BCUT2D eigenvalue weighted by Crippen LogP contribution is -2.48. The molecule has 5 N–H and O–H groups in total. The maximum atomic E-state index is 13.8. The fourth-order valence-electron chi connectivity index (χ4n) is 3.76. The molecule has 190 valence electrons. The minimum absolute atomic E-state index is 0.0240. The number of aliphatic hydroxyl groups is 1. The van der Waals surface area contributed by atoms with Crippen LogP contribution in [0.2, 0.25) is 0 Å². The van der Waals surface area contributed by atoms with Gasteiger partial charge in [0.15, 0.2) is 5.78 Å². The first kappa shape index (κ1) is 26.9. The minimum Gasteiger partial charge on any atom is -0.497 e. The Morgan fingerprint density at radius 3 is 2.36 bits per heavy atom. The summed E-state index contributed by atoms with van der Waals surface area (Å²) in [6.07, 6.45) is -1.12. The van der Waals surface area contributed by atoms with Crippen molar-refractivity contribution < 1.29 is 28.2 Å².